The number of rotatable bonds is 5. The van der Waals surface area contributed by atoms with E-state index >= 15 is 0 Å². The molecule has 0 aliphatic rings. The maximum Gasteiger partial charge on any atom is 0.315 e. The number of carbonyl (C=O) groups is 1. The predicted molar refractivity (Wildman–Crippen MR) is 94.2 cm³/mol. The number of amides is 2. The minimum absolute atomic E-state index is 0.110. The van der Waals surface area contributed by atoms with Crippen molar-refractivity contribution in [2.75, 3.05) is 0 Å². The molecule has 6 nitrogen and oxygen atoms in total. The van der Waals surface area contributed by atoms with E-state index in [9.17, 15) is 4.79 Å². The summed E-state index contributed by atoms with van der Waals surface area (Å²) in [6.07, 6.45) is 7.19. The lowest BCUT2D eigenvalue weighted by molar-refractivity contribution is 0.237. The van der Waals surface area contributed by atoms with Gasteiger partial charge in [-0.25, -0.2) is 14.8 Å². The van der Waals surface area contributed by atoms with Crippen LogP contribution in [0.15, 0.2) is 49.2 Å². The molecule has 0 saturated carbocycles. The molecule has 7 heteroatoms. The van der Waals surface area contributed by atoms with Crippen LogP contribution in [0.25, 0.3) is 5.69 Å². The number of benzene rings is 1. The van der Waals surface area contributed by atoms with Crippen LogP contribution in [0.5, 0.6) is 0 Å². The summed E-state index contributed by atoms with van der Waals surface area (Å²) in [5.41, 5.74) is 2.04. The van der Waals surface area contributed by atoms with E-state index in [-0.39, 0.29) is 12.1 Å². The molecule has 24 heavy (non-hydrogen) atoms. The van der Waals surface area contributed by atoms with Gasteiger partial charge in [0, 0.05) is 35.7 Å². The van der Waals surface area contributed by atoms with Crippen molar-refractivity contribution in [1.29, 1.82) is 0 Å². The normalized spacial score (nSPS) is 11.9. The summed E-state index contributed by atoms with van der Waals surface area (Å²) in [4.78, 5) is 21.5. The summed E-state index contributed by atoms with van der Waals surface area (Å²) >= 11 is 1.59. The van der Waals surface area contributed by atoms with E-state index in [1.807, 2.05) is 55.1 Å². The van der Waals surface area contributed by atoms with E-state index in [1.165, 1.54) is 0 Å². The molecule has 0 saturated heterocycles. The number of nitrogens with zero attached hydrogens (tertiary/aromatic N) is 3. The van der Waals surface area contributed by atoms with Crippen LogP contribution in [0.1, 0.15) is 28.4 Å². The summed E-state index contributed by atoms with van der Waals surface area (Å²) in [7, 11) is 0. The third-order valence-corrected chi connectivity index (χ3v) is 4.62. The largest absolute Gasteiger partial charge is 0.334 e. The molecule has 2 amide bonds. The molecule has 0 aliphatic heterocycles. The van der Waals surface area contributed by atoms with Crippen molar-refractivity contribution < 1.29 is 4.79 Å². The highest BCUT2D eigenvalue weighted by Gasteiger charge is 2.12. The van der Waals surface area contributed by atoms with Crippen LogP contribution >= 0.6 is 11.3 Å². The van der Waals surface area contributed by atoms with E-state index < -0.39 is 0 Å². The number of aromatic nitrogens is 3. The Hall–Kier alpha value is -2.67. The summed E-state index contributed by atoms with van der Waals surface area (Å²) in [5, 5.41) is 6.69. The van der Waals surface area contributed by atoms with Crippen LogP contribution < -0.4 is 10.6 Å². The van der Waals surface area contributed by atoms with Crippen molar-refractivity contribution >= 4 is 17.4 Å². The summed E-state index contributed by atoms with van der Waals surface area (Å²) < 4.78 is 1.93. The van der Waals surface area contributed by atoms with Crippen molar-refractivity contribution in [3.05, 3.63) is 64.6 Å². The van der Waals surface area contributed by atoms with E-state index in [4.69, 9.17) is 0 Å². The number of hydrogen-bond donors (Lipinski definition) is 2. The van der Waals surface area contributed by atoms with Crippen LogP contribution in [-0.2, 0) is 6.54 Å². The number of imidazole rings is 1. The van der Waals surface area contributed by atoms with Gasteiger partial charge in [0.2, 0.25) is 0 Å². The van der Waals surface area contributed by atoms with Crippen molar-refractivity contribution in [3.8, 4) is 5.69 Å². The Bertz CT molecular complexity index is 812. The minimum atomic E-state index is -0.205. The topological polar surface area (TPSA) is 71.8 Å². The quantitative estimate of drug-likeness (QED) is 0.748. The maximum absolute atomic E-state index is 12.1. The van der Waals surface area contributed by atoms with Gasteiger partial charge in [0.15, 0.2) is 0 Å². The molecule has 1 atom stereocenters. The van der Waals surface area contributed by atoms with Gasteiger partial charge >= 0.3 is 6.03 Å². The van der Waals surface area contributed by atoms with Crippen molar-refractivity contribution in [3.63, 3.8) is 0 Å². The second kappa shape index (κ2) is 7.27. The average molecular weight is 341 g/mol. The standard InChI is InChI=1S/C17H19N5OS/c1-12-9-19-16(24-12)13(2)21-17(23)20-10-14-4-3-5-15(8-14)22-7-6-18-11-22/h3-9,11,13H,10H2,1-2H3,(H2,20,21,23). The van der Waals surface area contributed by atoms with Crippen LogP contribution in [0, 0.1) is 6.92 Å². The molecule has 2 heterocycles. The first-order chi connectivity index (χ1) is 11.6. The van der Waals surface area contributed by atoms with Crippen LogP contribution in [0.4, 0.5) is 4.79 Å². The van der Waals surface area contributed by atoms with Gasteiger partial charge in [0.25, 0.3) is 0 Å². The lowest BCUT2D eigenvalue weighted by Crippen LogP contribution is -2.36. The lowest BCUT2D eigenvalue weighted by atomic mass is 10.2. The molecule has 3 rings (SSSR count). The molecule has 1 unspecified atom stereocenters. The van der Waals surface area contributed by atoms with Crippen molar-refractivity contribution in [2.24, 2.45) is 0 Å². The molecule has 0 fully saturated rings. The number of urea groups is 1. The number of carbonyl (C=O) groups excluding carboxylic acids is 1. The molecule has 0 radical (unpaired) electrons. The predicted octanol–water partition coefficient (Wildman–Crippen LogP) is 3.20. The van der Waals surface area contributed by atoms with E-state index in [0.717, 1.165) is 21.1 Å². The second-order valence-electron chi connectivity index (χ2n) is 5.50. The maximum atomic E-state index is 12.1. The monoisotopic (exact) mass is 341 g/mol. The van der Waals surface area contributed by atoms with Crippen LogP contribution in [-0.4, -0.2) is 20.6 Å². The highest BCUT2D eigenvalue weighted by Crippen LogP contribution is 2.18. The Labute approximate surface area is 144 Å². The van der Waals surface area contributed by atoms with Gasteiger partial charge in [-0.3, -0.25) is 0 Å². The molecule has 0 aliphatic carbocycles. The molecule has 0 bridgehead atoms. The fourth-order valence-electron chi connectivity index (χ4n) is 2.30. The smallest absolute Gasteiger partial charge is 0.315 e. The highest BCUT2D eigenvalue weighted by atomic mass is 32.1. The van der Waals surface area contributed by atoms with Gasteiger partial charge < -0.3 is 15.2 Å². The molecule has 3 aromatic rings. The van der Waals surface area contributed by atoms with Crippen LogP contribution in [0.3, 0.4) is 0 Å². The summed E-state index contributed by atoms with van der Waals surface area (Å²) in [5.74, 6) is 0. The highest BCUT2D eigenvalue weighted by molar-refractivity contribution is 7.11. The zero-order valence-electron chi connectivity index (χ0n) is 13.6. The van der Waals surface area contributed by atoms with Crippen molar-refractivity contribution in [2.45, 2.75) is 26.4 Å². The Kier molecular flexibility index (Phi) is 4.90. The number of nitrogens with one attached hydrogen (secondary N) is 2. The summed E-state index contributed by atoms with van der Waals surface area (Å²) in [6, 6.07) is 7.65. The zero-order chi connectivity index (χ0) is 16.9. The van der Waals surface area contributed by atoms with Gasteiger partial charge in [-0.05, 0) is 31.5 Å². The van der Waals surface area contributed by atoms with Gasteiger partial charge in [0.05, 0.1) is 12.4 Å². The van der Waals surface area contributed by atoms with E-state index in [2.05, 4.69) is 20.6 Å². The second-order valence-corrected chi connectivity index (χ2v) is 6.76. The third kappa shape index (κ3) is 3.99. The molecule has 1 aromatic carbocycles. The van der Waals surface area contributed by atoms with Gasteiger partial charge in [0.1, 0.15) is 5.01 Å². The molecular weight excluding hydrogens is 322 g/mol. The zero-order valence-corrected chi connectivity index (χ0v) is 14.4. The van der Waals surface area contributed by atoms with E-state index in [0.29, 0.717) is 6.54 Å². The number of thiazole rings is 1. The first-order valence-corrected chi connectivity index (χ1v) is 8.47. The Morgan fingerprint density at radius 2 is 2.29 bits per heavy atom. The average Bonchev–Trinajstić information content (AvgIpc) is 3.25. The summed E-state index contributed by atoms with van der Waals surface area (Å²) in [6.45, 7) is 4.39. The Morgan fingerprint density at radius 3 is 3.00 bits per heavy atom. The first kappa shape index (κ1) is 16.2. The van der Waals surface area contributed by atoms with Crippen LogP contribution in [0.2, 0.25) is 0 Å². The molecule has 2 aromatic heterocycles. The fraction of sp³-hybridized carbons (Fsp3) is 0.235. The van der Waals surface area contributed by atoms with Gasteiger partial charge in [-0.1, -0.05) is 12.1 Å². The Morgan fingerprint density at radius 1 is 1.42 bits per heavy atom. The molecule has 124 valence electrons. The van der Waals surface area contributed by atoms with Crippen molar-refractivity contribution in [1.82, 2.24) is 25.2 Å². The van der Waals surface area contributed by atoms with Gasteiger partial charge in [-0.2, -0.15) is 0 Å². The number of aryl methyl sites for hydroxylation is 1. The SMILES string of the molecule is Cc1cnc(C(C)NC(=O)NCc2cccc(-n3ccnc3)c2)s1. The fourth-order valence-corrected chi connectivity index (χ4v) is 3.08. The van der Waals surface area contributed by atoms with E-state index in [1.54, 1.807) is 23.9 Å². The molecule has 0 spiro atoms. The lowest BCUT2D eigenvalue weighted by Gasteiger charge is -2.13. The number of hydrogen-bond acceptors (Lipinski definition) is 4. The first-order valence-electron chi connectivity index (χ1n) is 7.66. The minimum Gasteiger partial charge on any atom is -0.334 e. The molecule has 2 N–H and O–H groups in total. The third-order valence-electron chi connectivity index (χ3n) is 3.52. The molecular formula is C17H19N5OS. The Balaban J connectivity index is 1.55. The van der Waals surface area contributed by atoms with Gasteiger partial charge in [-0.15, -0.1) is 11.3 Å².